The van der Waals surface area contributed by atoms with Crippen LogP contribution < -0.4 is 0 Å². The number of rotatable bonds is 48. The maximum Gasteiger partial charge on any atom is 0.335 e. The smallest absolute Gasteiger partial charge is 0.335 e. The van der Waals surface area contributed by atoms with E-state index in [1.54, 1.807) is 0 Å². The Balaban J connectivity index is 2.72. The van der Waals surface area contributed by atoms with Crippen LogP contribution >= 0.6 is 0 Å². The van der Waals surface area contributed by atoms with Crippen molar-refractivity contribution < 1.29 is 58.2 Å². The zero-order chi connectivity index (χ0) is 54.7. The Kier molecular flexibility index (Phi) is 46.2. The second kappa shape index (κ2) is 50.5. The molecule has 0 aromatic rings. The van der Waals surface area contributed by atoms with Gasteiger partial charge in [0.05, 0.1) is 6.61 Å². The first kappa shape index (κ1) is 68.7. The van der Waals surface area contributed by atoms with Crippen molar-refractivity contribution in [3.05, 3.63) is 97.2 Å². The Labute approximate surface area is 453 Å². The van der Waals surface area contributed by atoms with Crippen molar-refractivity contribution in [2.75, 3.05) is 13.2 Å². The van der Waals surface area contributed by atoms with E-state index in [2.05, 4.69) is 118 Å². The number of aliphatic carboxylic acids is 1. The lowest BCUT2D eigenvalue weighted by Gasteiger charge is -2.40. The lowest BCUT2D eigenvalue weighted by atomic mass is 9.98. The number of carboxylic acid groups (broad SMARTS) is 1. The zero-order valence-electron chi connectivity index (χ0n) is 46.8. The number of hydrogen-bond acceptors (Lipinski definition) is 11. The van der Waals surface area contributed by atoms with E-state index in [1.165, 1.54) is 38.5 Å². The minimum Gasteiger partial charge on any atom is -0.479 e. The molecule has 75 heavy (non-hydrogen) atoms. The predicted octanol–water partition coefficient (Wildman–Crippen LogP) is 14.9. The van der Waals surface area contributed by atoms with Gasteiger partial charge < -0.3 is 39.0 Å². The van der Waals surface area contributed by atoms with Crippen LogP contribution in [0.25, 0.3) is 0 Å². The summed E-state index contributed by atoms with van der Waals surface area (Å²) in [5.74, 6) is -3.20. The predicted molar refractivity (Wildman–Crippen MR) is 303 cm³/mol. The molecule has 0 aromatic heterocycles. The van der Waals surface area contributed by atoms with Crippen LogP contribution in [0.2, 0.25) is 0 Å². The summed E-state index contributed by atoms with van der Waals surface area (Å²) in [4.78, 5) is 51.1. The molecule has 1 heterocycles. The monoisotopic (exact) mass is 1050 g/mol. The van der Waals surface area contributed by atoms with E-state index in [-0.39, 0.29) is 25.9 Å². The fourth-order valence-corrected chi connectivity index (χ4v) is 8.23. The molecule has 3 N–H and O–H groups in total. The quantitative estimate of drug-likeness (QED) is 0.0228. The molecule has 6 atom stereocenters. The molecule has 1 aliphatic heterocycles. The summed E-state index contributed by atoms with van der Waals surface area (Å²) < 4.78 is 28.3. The third kappa shape index (κ3) is 40.6. The number of aliphatic hydroxyl groups excluding tert-OH is 2. The number of carboxylic acids is 1. The van der Waals surface area contributed by atoms with Gasteiger partial charge in [0.1, 0.15) is 18.8 Å². The second-order valence-electron chi connectivity index (χ2n) is 19.5. The molecule has 1 rings (SSSR count). The first-order valence-electron chi connectivity index (χ1n) is 29.2. The minimum atomic E-state index is -1.91. The molecule has 12 heteroatoms. The molecule has 1 aliphatic rings. The van der Waals surface area contributed by atoms with Crippen molar-refractivity contribution in [3.8, 4) is 0 Å². The van der Waals surface area contributed by atoms with Crippen LogP contribution in [0.4, 0.5) is 0 Å². The van der Waals surface area contributed by atoms with E-state index < -0.39 is 67.3 Å². The molecular weight excluding hydrogens is 949 g/mol. The molecule has 1 saturated heterocycles. The van der Waals surface area contributed by atoms with Gasteiger partial charge in [-0.2, -0.15) is 0 Å². The van der Waals surface area contributed by atoms with Crippen LogP contribution in [-0.2, 0) is 42.9 Å². The van der Waals surface area contributed by atoms with Gasteiger partial charge in [0.15, 0.2) is 24.6 Å². The number of allylic oxidation sites excluding steroid dienone is 16. The summed E-state index contributed by atoms with van der Waals surface area (Å²) in [5.41, 5.74) is 0. The topological polar surface area (TPSA) is 175 Å². The van der Waals surface area contributed by atoms with Crippen LogP contribution in [0, 0.1) is 0 Å². The van der Waals surface area contributed by atoms with Gasteiger partial charge in [0, 0.05) is 19.3 Å². The van der Waals surface area contributed by atoms with Crippen molar-refractivity contribution in [2.45, 2.75) is 263 Å². The molecular formula is C63H102O12. The van der Waals surface area contributed by atoms with Crippen molar-refractivity contribution in [1.29, 1.82) is 0 Å². The number of carbonyl (C=O) groups excluding carboxylic acids is 3. The number of hydrogen-bond donors (Lipinski definition) is 3. The molecule has 0 radical (unpaired) electrons. The number of esters is 3. The van der Waals surface area contributed by atoms with Gasteiger partial charge in [0.2, 0.25) is 0 Å². The normalized spacial score (nSPS) is 18.9. The molecule has 426 valence electrons. The summed E-state index contributed by atoms with van der Waals surface area (Å²) in [6.45, 7) is 5.69. The van der Waals surface area contributed by atoms with Crippen molar-refractivity contribution in [2.24, 2.45) is 0 Å². The average molecular weight is 1050 g/mol. The van der Waals surface area contributed by atoms with Crippen molar-refractivity contribution in [3.63, 3.8) is 0 Å². The molecule has 0 spiro atoms. The van der Waals surface area contributed by atoms with Crippen LogP contribution in [-0.4, -0.2) is 89.2 Å². The molecule has 12 nitrogen and oxygen atoms in total. The lowest BCUT2D eigenvalue weighted by Crippen LogP contribution is -2.61. The summed E-state index contributed by atoms with van der Waals surface area (Å²) in [6.07, 6.45) is 53.9. The van der Waals surface area contributed by atoms with Gasteiger partial charge in [-0.15, -0.1) is 0 Å². The van der Waals surface area contributed by atoms with Crippen LogP contribution in [0.1, 0.15) is 226 Å². The number of ether oxygens (including phenoxy) is 5. The average Bonchev–Trinajstić information content (AvgIpc) is 3.39. The SMILES string of the molecule is CC/C=C\C/C=C\C/C=C\C/C=C\CCCCCCCCC(=O)OCC(COC1OC(C(=O)O)C(O)C(O)C1OC(=O)CCCCCCCCCCCCC)OC(=O)CCCC/C=C\C/C=C\C/C=C\C/C=C\CC. The Morgan fingerprint density at radius 2 is 0.840 bits per heavy atom. The first-order chi connectivity index (χ1) is 36.6. The Bertz CT molecular complexity index is 1670. The van der Waals surface area contributed by atoms with Crippen LogP contribution in [0.3, 0.4) is 0 Å². The largest absolute Gasteiger partial charge is 0.479 e. The van der Waals surface area contributed by atoms with Crippen LogP contribution in [0.5, 0.6) is 0 Å². The number of aliphatic hydroxyl groups is 2. The van der Waals surface area contributed by atoms with Crippen molar-refractivity contribution >= 4 is 23.9 Å². The van der Waals surface area contributed by atoms with Gasteiger partial charge in [-0.25, -0.2) is 4.79 Å². The molecule has 1 fully saturated rings. The maximum atomic E-state index is 13.1. The summed E-state index contributed by atoms with van der Waals surface area (Å²) >= 11 is 0. The highest BCUT2D eigenvalue weighted by Gasteiger charge is 2.50. The number of unbranched alkanes of at least 4 members (excludes halogenated alkanes) is 18. The zero-order valence-corrected chi connectivity index (χ0v) is 46.8. The molecule has 0 aromatic carbocycles. The van der Waals surface area contributed by atoms with E-state index in [0.717, 1.165) is 128 Å². The standard InChI is InChI=1S/C63H102O12/c1-4-7-10-13-16-19-22-24-26-27-28-29-31-32-35-37-40-43-46-49-55(64)71-52-54(73-56(65)50-47-44-41-39-36-33-30-25-23-20-17-14-11-8-5-2)53-72-63-61(59(68)58(67)60(75-63)62(69)70)74-57(66)51-48-45-42-38-34-21-18-15-12-9-6-3/h7-8,10-11,16-17,19-20,24-26,28-30,36,39,54,58-61,63,67-68H,4-6,9,12-15,18,21-23,27,31-35,37-38,40-53H2,1-3H3,(H,69,70)/b10-7-,11-8-,19-16-,20-17-,26-24-,29-28-,30-25-,39-36-. The van der Waals surface area contributed by atoms with E-state index in [4.69, 9.17) is 23.7 Å². The Morgan fingerprint density at radius 3 is 1.31 bits per heavy atom. The van der Waals surface area contributed by atoms with E-state index in [1.807, 2.05) is 0 Å². The highest BCUT2D eigenvalue weighted by molar-refractivity contribution is 5.74. The Morgan fingerprint density at radius 1 is 0.453 bits per heavy atom. The minimum absolute atomic E-state index is 0.0521. The molecule has 6 unspecified atom stereocenters. The fourth-order valence-electron chi connectivity index (χ4n) is 8.23. The highest BCUT2D eigenvalue weighted by Crippen LogP contribution is 2.26. The van der Waals surface area contributed by atoms with Crippen LogP contribution in [0.15, 0.2) is 97.2 Å². The molecule has 0 saturated carbocycles. The Hall–Kier alpha value is -4.36. The summed E-state index contributed by atoms with van der Waals surface area (Å²) in [7, 11) is 0. The fraction of sp³-hybridized carbons (Fsp3) is 0.683. The third-order valence-corrected chi connectivity index (χ3v) is 12.7. The van der Waals surface area contributed by atoms with E-state index in [0.29, 0.717) is 19.3 Å². The van der Waals surface area contributed by atoms with Gasteiger partial charge in [-0.1, -0.05) is 208 Å². The number of carbonyl (C=O) groups is 4. The molecule has 0 aliphatic carbocycles. The van der Waals surface area contributed by atoms with Gasteiger partial charge in [-0.3, -0.25) is 14.4 Å². The summed E-state index contributed by atoms with van der Waals surface area (Å²) in [6, 6.07) is 0. The third-order valence-electron chi connectivity index (χ3n) is 12.7. The van der Waals surface area contributed by atoms with Gasteiger partial charge >= 0.3 is 23.9 Å². The van der Waals surface area contributed by atoms with Gasteiger partial charge in [-0.05, 0) is 96.3 Å². The first-order valence-corrected chi connectivity index (χ1v) is 29.2. The molecule has 0 amide bonds. The lowest BCUT2D eigenvalue weighted by molar-refractivity contribution is -0.301. The molecule has 0 bridgehead atoms. The summed E-state index contributed by atoms with van der Waals surface area (Å²) in [5, 5.41) is 31.4. The maximum absolute atomic E-state index is 13.1. The second-order valence-corrected chi connectivity index (χ2v) is 19.5. The van der Waals surface area contributed by atoms with E-state index in [9.17, 15) is 34.5 Å². The van der Waals surface area contributed by atoms with Gasteiger partial charge in [0.25, 0.3) is 0 Å². The van der Waals surface area contributed by atoms with Crippen molar-refractivity contribution in [1.82, 2.24) is 0 Å². The highest BCUT2D eigenvalue weighted by atomic mass is 16.7. The van der Waals surface area contributed by atoms with E-state index >= 15 is 0 Å².